The molecule has 170 valence electrons. The number of nitrogen functional groups attached to an aromatic ring is 1. The Labute approximate surface area is 196 Å². The van der Waals surface area contributed by atoms with Gasteiger partial charge in [-0.2, -0.15) is 0 Å². The Morgan fingerprint density at radius 3 is 2.45 bits per heavy atom. The van der Waals surface area contributed by atoms with Crippen molar-refractivity contribution < 1.29 is 4.79 Å². The molecule has 1 aliphatic carbocycles. The normalized spacial score (nSPS) is 17.3. The molecule has 2 aliphatic rings. The van der Waals surface area contributed by atoms with E-state index < -0.39 is 5.41 Å². The van der Waals surface area contributed by atoms with E-state index in [2.05, 4.69) is 30.5 Å². The van der Waals surface area contributed by atoms with E-state index in [-0.39, 0.29) is 17.7 Å². The van der Waals surface area contributed by atoms with Crippen LogP contribution in [0.1, 0.15) is 35.3 Å². The summed E-state index contributed by atoms with van der Waals surface area (Å²) in [5.41, 5.74) is 8.36. The predicted octanol–water partition coefficient (Wildman–Crippen LogP) is 2.42. The Morgan fingerprint density at radius 1 is 1.12 bits per heavy atom. The van der Waals surface area contributed by atoms with Crippen LogP contribution in [0, 0.1) is 5.41 Å². The molecular weight excluding hydrogens is 436 g/mol. The number of nitrogens with zero attached hydrogens (tertiary/aromatic N) is 4. The van der Waals surface area contributed by atoms with Crippen molar-refractivity contribution in [3.05, 3.63) is 53.3 Å². The zero-order valence-electron chi connectivity index (χ0n) is 18.2. The highest BCUT2D eigenvalue weighted by molar-refractivity contribution is 7.13. The highest BCUT2D eigenvalue weighted by atomic mass is 32.1. The van der Waals surface area contributed by atoms with Gasteiger partial charge in [-0.3, -0.25) is 10.2 Å². The maximum absolute atomic E-state index is 12.9. The summed E-state index contributed by atoms with van der Waals surface area (Å²) in [6.45, 7) is 3.59. The van der Waals surface area contributed by atoms with E-state index in [0.29, 0.717) is 5.69 Å². The molecule has 3 heterocycles. The minimum Gasteiger partial charge on any atom is -0.368 e. The predicted molar refractivity (Wildman–Crippen MR) is 130 cm³/mol. The first-order chi connectivity index (χ1) is 16.0. The number of carbonyl (C=O) groups is 1. The molecular formula is C23H26N8OS. The molecule has 1 aliphatic heterocycles. The molecule has 3 aromatic rings. The number of nitrogens with two attached hydrogens (primary N) is 1. The molecule has 1 saturated carbocycles. The van der Waals surface area contributed by atoms with Crippen molar-refractivity contribution in [3.63, 3.8) is 0 Å². The largest absolute Gasteiger partial charge is 0.368 e. The third-order valence-corrected chi connectivity index (χ3v) is 7.38. The van der Waals surface area contributed by atoms with Gasteiger partial charge in [-0.05, 0) is 24.0 Å². The van der Waals surface area contributed by atoms with Crippen molar-refractivity contribution in [1.82, 2.24) is 25.6 Å². The summed E-state index contributed by atoms with van der Waals surface area (Å²) < 4.78 is 0. The summed E-state index contributed by atoms with van der Waals surface area (Å²) in [6, 6.07) is 8.05. The Morgan fingerprint density at radius 2 is 1.82 bits per heavy atom. The van der Waals surface area contributed by atoms with Gasteiger partial charge >= 0.3 is 0 Å². The molecule has 1 aromatic carbocycles. The van der Waals surface area contributed by atoms with E-state index in [0.717, 1.165) is 67.3 Å². The van der Waals surface area contributed by atoms with E-state index in [1.807, 2.05) is 24.3 Å². The van der Waals surface area contributed by atoms with E-state index in [9.17, 15) is 4.79 Å². The van der Waals surface area contributed by atoms with Gasteiger partial charge in [0.15, 0.2) is 5.13 Å². The lowest BCUT2D eigenvalue weighted by atomic mass is 9.63. The average molecular weight is 463 g/mol. The molecule has 9 nitrogen and oxygen atoms in total. The van der Waals surface area contributed by atoms with Crippen LogP contribution in [0.5, 0.6) is 0 Å². The van der Waals surface area contributed by atoms with Gasteiger partial charge in [0.1, 0.15) is 11.5 Å². The van der Waals surface area contributed by atoms with Gasteiger partial charge in [-0.1, -0.05) is 30.7 Å². The number of amidine groups is 1. The van der Waals surface area contributed by atoms with Crippen molar-refractivity contribution >= 4 is 34.2 Å². The second-order valence-electron chi connectivity index (χ2n) is 8.42. The SMILES string of the molecule is N=C(NC(=O)c1csc(N2CCNCC2)n1)C1(c2ccc(-c3cnc(N)nc3)cc2)CCC1. The lowest BCUT2D eigenvalue weighted by Crippen LogP contribution is -2.50. The highest BCUT2D eigenvalue weighted by Crippen LogP contribution is 2.44. The van der Waals surface area contributed by atoms with E-state index in [1.54, 1.807) is 17.8 Å². The minimum atomic E-state index is -0.469. The fourth-order valence-corrected chi connectivity index (χ4v) is 5.21. The van der Waals surface area contributed by atoms with Gasteiger partial charge in [-0.25, -0.2) is 15.0 Å². The van der Waals surface area contributed by atoms with Crippen LogP contribution in [0.2, 0.25) is 0 Å². The number of carbonyl (C=O) groups excluding carboxylic acids is 1. The highest BCUT2D eigenvalue weighted by Gasteiger charge is 2.43. The van der Waals surface area contributed by atoms with Crippen molar-refractivity contribution in [3.8, 4) is 11.1 Å². The number of aromatic nitrogens is 3. The molecule has 1 saturated heterocycles. The Bertz CT molecular complexity index is 1150. The number of hydrogen-bond acceptors (Lipinski definition) is 9. The molecule has 10 heteroatoms. The van der Waals surface area contributed by atoms with Crippen molar-refractivity contribution in [2.75, 3.05) is 36.8 Å². The van der Waals surface area contributed by atoms with Crippen LogP contribution in [0.15, 0.2) is 42.0 Å². The zero-order valence-corrected chi connectivity index (χ0v) is 19.0. The molecule has 0 atom stereocenters. The lowest BCUT2D eigenvalue weighted by molar-refractivity contribution is 0.0968. The number of amides is 1. The first-order valence-corrected chi connectivity index (χ1v) is 11.9. The quantitative estimate of drug-likeness (QED) is 0.338. The summed E-state index contributed by atoms with van der Waals surface area (Å²) in [5.74, 6) is 0.159. The molecule has 0 spiro atoms. The van der Waals surface area contributed by atoms with Crippen LogP contribution in [0.3, 0.4) is 0 Å². The van der Waals surface area contributed by atoms with E-state index >= 15 is 0 Å². The van der Waals surface area contributed by atoms with Gasteiger partial charge < -0.3 is 21.3 Å². The van der Waals surface area contributed by atoms with Crippen LogP contribution >= 0.6 is 11.3 Å². The van der Waals surface area contributed by atoms with Gasteiger partial charge in [0.05, 0.1) is 5.41 Å². The van der Waals surface area contributed by atoms with Crippen LogP contribution in [0.25, 0.3) is 11.1 Å². The Hall–Kier alpha value is -3.37. The zero-order chi connectivity index (χ0) is 22.8. The van der Waals surface area contributed by atoms with Crippen molar-refractivity contribution in [1.29, 1.82) is 5.41 Å². The number of nitrogens with one attached hydrogen (secondary N) is 3. The molecule has 33 heavy (non-hydrogen) atoms. The smallest absolute Gasteiger partial charge is 0.276 e. The van der Waals surface area contributed by atoms with E-state index in [1.165, 1.54) is 11.3 Å². The number of thiazole rings is 1. The summed E-state index contributed by atoms with van der Waals surface area (Å²) in [4.78, 5) is 27.7. The first kappa shape index (κ1) is 21.5. The molecule has 2 aromatic heterocycles. The molecule has 1 amide bonds. The van der Waals surface area contributed by atoms with Crippen molar-refractivity contribution in [2.24, 2.45) is 0 Å². The second-order valence-corrected chi connectivity index (χ2v) is 9.26. The van der Waals surface area contributed by atoms with Gasteiger partial charge in [0.25, 0.3) is 5.91 Å². The Kier molecular flexibility index (Phi) is 5.77. The van der Waals surface area contributed by atoms with Crippen LogP contribution in [0.4, 0.5) is 11.1 Å². The average Bonchev–Trinajstić information content (AvgIpc) is 3.31. The fourth-order valence-electron chi connectivity index (χ4n) is 4.35. The molecule has 0 unspecified atom stereocenters. The summed E-state index contributed by atoms with van der Waals surface area (Å²) >= 11 is 1.47. The summed E-state index contributed by atoms with van der Waals surface area (Å²) in [6.07, 6.45) is 6.08. The van der Waals surface area contributed by atoms with Crippen LogP contribution in [-0.4, -0.2) is 52.9 Å². The number of hydrogen-bond donors (Lipinski definition) is 4. The third-order valence-electron chi connectivity index (χ3n) is 6.48. The maximum Gasteiger partial charge on any atom is 0.276 e. The molecule has 5 rings (SSSR count). The monoisotopic (exact) mass is 462 g/mol. The molecule has 5 N–H and O–H groups in total. The van der Waals surface area contributed by atoms with Crippen molar-refractivity contribution in [2.45, 2.75) is 24.7 Å². The van der Waals surface area contributed by atoms with Gasteiger partial charge in [0, 0.05) is 49.5 Å². The number of anilines is 2. The summed E-state index contributed by atoms with van der Waals surface area (Å²) in [7, 11) is 0. The molecule has 2 fully saturated rings. The topological polar surface area (TPSA) is 133 Å². The fraction of sp³-hybridized carbons (Fsp3) is 0.348. The van der Waals surface area contributed by atoms with E-state index in [4.69, 9.17) is 11.1 Å². The molecule has 0 radical (unpaired) electrons. The minimum absolute atomic E-state index is 0.235. The number of piperazine rings is 1. The van der Waals surface area contributed by atoms with Crippen LogP contribution in [-0.2, 0) is 5.41 Å². The number of rotatable bonds is 5. The van der Waals surface area contributed by atoms with Gasteiger partial charge in [0.2, 0.25) is 5.95 Å². The third kappa shape index (κ3) is 4.19. The standard InChI is InChI=1S/C23H26N8OS/c24-20(30-19(32)18-14-33-22(29-18)31-10-8-26-9-11-31)23(6-1-7-23)17-4-2-15(3-5-17)16-12-27-21(25)28-13-16/h2-5,12-14,26H,1,6-11H2,(H2,24,30,32)(H2,25,27,28). The Balaban J connectivity index is 1.29. The second kappa shape index (κ2) is 8.87. The maximum atomic E-state index is 12.9. The number of benzene rings is 1. The summed E-state index contributed by atoms with van der Waals surface area (Å²) in [5, 5.41) is 17.5. The molecule has 0 bridgehead atoms. The first-order valence-electron chi connectivity index (χ1n) is 11.1. The lowest BCUT2D eigenvalue weighted by Gasteiger charge is -2.42. The van der Waals surface area contributed by atoms with Gasteiger partial charge in [-0.15, -0.1) is 11.3 Å². The van der Waals surface area contributed by atoms with Crippen LogP contribution < -0.4 is 21.3 Å².